The van der Waals surface area contributed by atoms with Crippen LogP contribution in [0.3, 0.4) is 0 Å². The Bertz CT molecular complexity index is 531. The third kappa shape index (κ3) is 3.16. The highest BCUT2D eigenvalue weighted by Crippen LogP contribution is 2.13. The first-order valence-corrected chi connectivity index (χ1v) is 5.27. The summed E-state index contributed by atoms with van der Waals surface area (Å²) in [5.41, 5.74) is 1.29. The lowest BCUT2D eigenvalue weighted by Gasteiger charge is -2.04. The topological polar surface area (TPSA) is 58.8 Å². The Morgan fingerprint density at radius 1 is 1.12 bits per heavy atom. The van der Waals surface area contributed by atoms with Crippen LogP contribution in [-0.4, -0.2) is 10.2 Å². The number of ether oxygens (including phenoxy) is 1. The lowest BCUT2D eigenvalue weighted by atomic mass is 10.2. The van der Waals surface area contributed by atoms with E-state index < -0.39 is 0 Å². The van der Waals surface area contributed by atoms with E-state index in [0.717, 1.165) is 0 Å². The molecule has 17 heavy (non-hydrogen) atoms. The fourth-order valence-corrected chi connectivity index (χ4v) is 1.30. The van der Waals surface area contributed by atoms with Gasteiger partial charge in [0.05, 0.1) is 11.6 Å². The van der Waals surface area contributed by atoms with E-state index >= 15 is 0 Å². The zero-order valence-corrected chi connectivity index (χ0v) is 9.55. The van der Waals surface area contributed by atoms with Crippen molar-refractivity contribution in [2.45, 2.75) is 6.61 Å². The molecule has 0 N–H and O–H groups in total. The molecule has 0 aliphatic heterocycles. The Kier molecular flexibility index (Phi) is 3.53. The van der Waals surface area contributed by atoms with E-state index in [-0.39, 0.29) is 0 Å². The molecule has 5 heteroatoms. The number of nitrogens with zero attached hydrogens (tertiary/aromatic N) is 3. The first-order valence-electron chi connectivity index (χ1n) is 4.89. The maximum absolute atomic E-state index is 8.64. The Morgan fingerprint density at radius 3 is 2.47 bits per heavy atom. The number of hydrogen-bond acceptors (Lipinski definition) is 4. The Morgan fingerprint density at radius 2 is 1.88 bits per heavy atom. The average Bonchev–Trinajstić information content (AvgIpc) is 2.39. The van der Waals surface area contributed by atoms with E-state index in [1.165, 1.54) is 0 Å². The van der Waals surface area contributed by atoms with Gasteiger partial charge in [0.2, 0.25) is 0 Å². The highest BCUT2D eigenvalue weighted by molar-refractivity contribution is 6.29. The van der Waals surface area contributed by atoms with E-state index in [0.29, 0.717) is 28.8 Å². The van der Waals surface area contributed by atoms with E-state index in [9.17, 15) is 0 Å². The normalized spacial score (nSPS) is 9.65. The summed E-state index contributed by atoms with van der Waals surface area (Å²) in [7, 11) is 0. The number of hydrogen-bond donors (Lipinski definition) is 0. The van der Waals surface area contributed by atoms with Crippen molar-refractivity contribution in [3.8, 4) is 11.8 Å². The van der Waals surface area contributed by atoms with Crippen LogP contribution in [0, 0.1) is 11.3 Å². The smallest absolute Gasteiger partial charge is 0.151 e. The second-order valence-electron chi connectivity index (χ2n) is 3.27. The van der Waals surface area contributed by atoms with Gasteiger partial charge in [0.15, 0.2) is 5.15 Å². The van der Waals surface area contributed by atoms with Crippen LogP contribution in [0.15, 0.2) is 36.4 Å². The Hall–Kier alpha value is -2.12. The number of halogens is 1. The molecule has 1 aromatic heterocycles. The average molecular weight is 246 g/mol. The molecule has 2 aromatic rings. The van der Waals surface area contributed by atoms with Crippen LogP contribution >= 0.6 is 11.6 Å². The summed E-state index contributed by atoms with van der Waals surface area (Å²) in [5, 5.41) is 16.6. The van der Waals surface area contributed by atoms with Gasteiger partial charge in [-0.25, -0.2) is 0 Å². The number of aromatic nitrogens is 2. The third-order valence-corrected chi connectivity index (χ3v) is 2.26. The summed E-state index contributed by atoms with van der Waals surface area (Å²) in [6.45, 7) is 0.316. The highest BCUT2D eigenvalue weighted by atomic mass is 35.5. The van der Waals surface area contributed by atoms with Crippen molar-refractivity contribution < 1.29 is 4.74 Å². The van der Waals surface area contributed by atoms with Crippen LogP contribution < -0.4 is 4.74 Å². The molecule has 84 valence electrons. The van der Waals surface area contributed by atoms with Crippen LogP contribution in [0.1, 0.15) is 11.3 Å². The van der Waals surface area contributed by atoms with Crippen LogP contribution in [0.4, 0.5) is 0 Å². The van der Waals surface area contributed by atoms with Crippen molar-refractivity contribution in [3.05, 3.63) is 52.8 Å². The fourth-order valence-electron chi connectivity index (χ4n) is 1.20. The van der Waals surface area contributed by atoms with Crippen LogP contribution in [0.5, 0.6) is 5.75 Å². The molecule has 0 saturated heterocycles. The van der Waals surface area contributed by atoms with E-state index in [2.05, 4.69) is 10.2 Å². The molecule has 0 spiro atoms. The minimum Gasteiger partial charge on any atom is -0.487 e. The predicted octanol–water partition coefficient (Wildman–Crippen LogP) is 2.58. The monoisotopic (exact) mass is 245 g/mol. The molecule has 0 saturated carbocycles. The van der Waals surface area contributed by atoms with Gasteiger partial charge in [0.1, 0.15) is 18.1 Å². The summed E-state index contributed by atoms with van der Waals surface area (Å²) < 4.78 is 5.48. The SMILES string of the molecule is N#Cc1ccc(OCc2ccc(Cl)nn2)cc1. The summed E-state index contributed by atoms with van der Waals surface area (Å²) in [4.78, 5) is 0. The highest BCUT2D eigenvalue weighted by Gasteiger charge is 1.98. The molecule has 0 bridgehead atoms. The molecular formula is C12H8ClN3O. The van der Waals surface area contributed by atoms with Crippen molar-refractivity contribution in [1.29, 1.82) is 5.26 Å². The maximum atomic E-state index is 8.64. The van der Waals surface area contributed by atoms with Gasteiger partial charge in [-0.2, -0.15) is 10.4 Å². The standard InChI is InChI=1S/C12H8ClN3O/c13-12-6-3-10(15-16-12)8-17-11-4-1-9(7-14)2-5-11/h1-6H,8H2. The van der Waals surface area contributed by atoms with Crippen LogP contribution in [-0.2, 0) is 6.61 Å². The Balaban J connectivity index is 1.98. The van der Waals surface area contributed by atoms with Gasteiger partial charge in [-0.15, -0.1) is 5.10 Å². The van der Waals surface area contributed by atoms with Gasteiger partial charge in [0, 0.05) is 0 Å². The van der Waals surface area contributed by atoms with Crippen LogP contribution in [0.2, 0.25) is 5.15 Å². The second-order valence-corrected chi connectivity index (χ2v) is 3.66. The lowest BCUT2D eigenvalue weighted by molar-refractivity contribution is 0.300. The molecular weight excluding hydrogens is 238 g/mol. The van der Waals surface area contributed by atoms with E-state index in [1.54, 1.807) is 36.4 Å². The summed E-state index contributed by atoms with van der Waals surface area (Å²) >= 11 is 5.62. The summed E-state index contributed by atoms with van der Waals surface area (Å²) in [6.07, 6.45) is 0. The van der Waals surface area contributed by atoms with Crippen molar-refractivity contribution in [1.82, 2.24) is 10.2 Å². The van der Waals surface area contributed by atoms with Gasteiger partial charge in [0.25, 0.3) is 0 Å². The Labute approximate surface area is 103 Å². The van der Waals surface area contributed by atoms with Gasteiger partial charge >= 0.3 is 0 Å². The minimum atomic E-state index is 0.316. The van der Waals surface area contributed by atoms with Gasteiger partial charge < -0.3 is 4.74 Å². The molecule has 0 fully saturated rings. The van der Waals surface area contributed by atoms with Crippen LogP contribution in [0.25, 0.3) is 0 Å². The quantitative estimate of drug-likeness (QED) is 0.834. The first kappa shape index (κ1) is 11.4. The minimum absolute atomic E-state index is 0.316. The van der Waals surface area contributed by atoms with E-state index in [4.69, 9.17) is 21.6 Å². The third-order valence-electron chi connectivity index (χ3n) is 2.06. The molecule has 0 aliphatic rings. The number of rotatable bonds is 3. The van der Waals surface area contributed by atoms with Crippen molar-refractivity contribution in [3.63, 3.8) is 0 Å². The van der Waals surface area contributed by atoms with Crippen molar-refractivity contribution in [2.24, 2.45) is 0 Å². The molecule has 1 aromatic carbocycles. The predicted molar refractivity (Wildman–Crippen MR) is 62.5 cm³/mol. The van der Waals surface area contributed by atoms with Crippen molar-refractivity contribution in [2.75, 3.05) is 0 Å². The molecule has 0 aliphatic carbocycles. The number of benzene rings is 1. The van der Waals surface area contributed by atoms with Gasteiger partial charge in [-0.3, -0.25) is 0 Å². The lowest BCUT2D eigenvalue weighted by Crippen LogP contribution is -1.99. The molecule has 0 unspecified atom stereocenters. The maximum Gasteiger partial charge on any atom is 0.151 e. The summed E-state index contributed by atoms with van der Waals surface area (Å²) in [5.74, 6) is 0.681. The molecule has 0 atom stereocenters. The van der Waals surface area contributed by atoms with Gasteiger partial charge in [-0.1, -0.05) is 11.6 Å². The second kappa shape index (κ2) is 5.28. The zero-order valence-electron chi connectivity index (χ0n) is 8.80. The zero-order chi connectivity index (χ0) is 12.1. The summed E-state index contributed by atoms with van der Waals surface area (Å²) in [6, 6.07) is 12.3. The molecule has 0 radical (unpaired) electrons. The van der Waals surface area contributed by atoms with Crippen molar-refractivity contribution >= 4 is 11.6 Å². The molecule has 1 heterocycles. The van der Waals surface area contributed by atoms with Gasteiger partial charge in [-0.05, 0) is 36.4 Å². The molecule has 2 rings (SSSR count). The fraction of sp³-hybridized carbons (Fsp3) is 0.0833. The van der Waals surface area contributed by atoms with E-state index in [1.807, 2.05) is 6.07 Å². The number of nitriles is 1. The molecule has 4 nitrogen and oxygen atoms in total. The first-order chi connectivity index (χ1) is 8.28. The largest absolute Gasteiger partial charge is 0.487 e. The molecule has 0 amide bonds.